The van der Waals surface area contributed by atoms with Crippen LogP contribution in [-0.2, 0) is 17.6 Å². The molecule has 1 amide bonds. The summed E-state index contributed by atoms with van der Waals surface area (Å²) in [5, 5.41) is 6.10. The summed E-state index contributed by atoms with van der Waals surface area (Å²) >= 11 is 0. The molecule has 1 unspecified atom stereocenters. The Morgan fingerprint density at radius 2 is 2.00 bits per heavy atom. The van der Waals surface area contributed by atoms with Crippen LogP contribution in [0.3, 0.4) is 0 Å². The van der Waals surface area contributed by atoms with Crippen molar-refractivity contribution in [2.24, 2.45) is 5.92 Å². The fourth-order valence-corrected chi connectivity index (χ4v) is 3.26. The fourth-order valence-electron chi connectivity index (χ4n) is 3.26. The van der Waals surface area contributed by atoms with E-state index in [4.69, 9.17) is 4.74 Å². The molecule has 0 saturated carbocycles. The maximum absolute atomic E-state index is 12.7. The van der Waals surface area contributed by atoms with E-state index in [9.17, 15) is 9.59 Å². The topological polar surface area (TPSA) is 76.1 Å². The molecule has 128 valence electrons. The predicted octanol–water partition coefficient (Wildman–Crippen LogP) is 1.81. The van der Waals surface area contributed by atoms with Crippen LogP contribution in [0.5, 0.6) is 5.75 Å². The number of aromatic amines is 1. The number of carbonyl (C=O) groups excluding carboxylic acids is 1. The molecule has 0 saturated heterocycles. The Kier molecular flexibility index (Phi) is 4.74. The minimum Gasteiger partial charge on any atom is -0.497 e. The average molecular weight is 329 g/mol. The Bertz CT molecular complexity index is 774. The van der Waals surface area contributed by atoms with Gasteiger partial charge in [-0.15, -0.1) is 0 Å². The van der Waals surface area contributed by atoms with E-state index in [1.54, 1.807) is 11.8 Å². The van der Waals surface area contributed by atoms with Crippen molar-refractivity contribution in [3.05, 3.63) is 45.9 Å². The zero-order chi connectivity index (χ0) is 17.1. The van der Waals surface area contributed by atoms with Crippen molar-refractivity contribution in [3.63, 3.8) is 0 Å². The molecule has 1 aliphatic rings. The minimum atomic E-state index is -0.0216. The lowest BCUT2D eigenvalue weighted by Gasteiger charge is -2.13. The number of fused-ring (bicyclic) bond motifs is 1. The second-order valence-electron chi connectivity index (χ2n) is 6.08. The number of carbonyl (C=O) groups is 1. The van der Waals surface area contributed by atoms with Crippen molar-refractivity contribution in [3.8, 4) is 11.4 Å². The van der Waals surface area contributed by atoms with Gasteiger partial charge in [0.15, 0.2) is 0 Å². The third kappa shape index (κ3) is 3.09. The summed E-state index contributed by atoms with van der Waals surface area (Å²) in [5.74, 6) is 0.836. The van der Waals surface area contributed by atoms with E-state index in [-0.39, 0.29) is 17.4 Å². The fraction of sp³-hybridized carbons (Fsp3) is 0.444. The summed E-state index contributed by atoms with van der Waals surface area (Å²) < 4.78 is 6.73. The van der Waals surface area contributed by atoms with Crippen molar-refractivity contribution in [2.45, 2.75) is 32.6 Å². The quantitative estimate of drug-likeness (QED) is 0.840. The molecule has 6 nitrogen and oxygen atoms in total. The number of methoxy groups -OCH3 is 1. The van der Waals surface area contributed by atoms with Crippen LogP contribution in [0.4, 0.5) is 0 Å². The molecule has 0 fully saturated rings. The van der Waals surface area contributed by atoms with E-state index in [1.807, 2.05) is 31.2 Å². The van der Waals surface area contributed by atoms with Gasteiger partial charge in [-0.2, -0.15) is 0 Å². The highest BCUT2D eigenvalue weighted by Crippen LogP contribution is 2.23. The van der Waals surface area contributed by atoms with E-state index < -0.39 is 0 Å². The molecule has 1 aromatic carbocycles. The monoisotopic (exact) mass is 329 g/mol. The highest BCUT2D eigenvalue weighted by Gasteiger charge is 2.25. The second-order valence-corrected chi connectivity index (χ2v) is 6.08. The van der Waals surface area contributed by atoms with Crippen LogP contribution in [0.25, 0.3) is 5.69 Å². The summed E-state index contributed by atoms with van der Waals surface area (Å²) in [5.41, 5.74) is 2.51. The number of H-pyrrole nitrogens is 1. The van der Waals surface area contributed by atoms with Gasteiger partial charge >= 0.3 is 0 Å². The van der Waals surface area contributed by atoms with Crippen LogP contribution < -0.4 is 15.6 Å². The number of hydrogen-bond acceptors (Lipinski definition) is 3. The number of aryl methyl sites for hydroxylation is 1. The largest absolute Gasteiger partial charge is 0.497 e. The lowest BCUT2D eigenvalue weighted by molar-refractivity contribution is -0.125. The van der Waals surface area contributed by atoms with Gasteiger partial charge in [0.05, 0.1) is 12.8 Å². The van der Waals surface area contributed by atoms with Gasteiger partial charge in [-0.3, -0.25) is 14.7 Å². The Morgan fingerprint density at radius 3 is 2.67 bits per heavy atom. The Hall–Kier alpha value is -2.50. The van der Waals surface area contributed by atoms with Crippen LogP contribution in [0.1, 0.15) is 31.0 Å². The van der Waals surface area contributed by atoms with Crippen LogP contribution >= 0.6 is 0 Å². The van der Waals surface area contributed by atoms with E-state index in [0.29, 0.717) is 19.4 Å². The molecular weight excluding hydrogens is 306 g/mol. The average Bonchev–Trinajstić information content (AvgIpc) is 2.78. The third-order valence-corrected chi connectivity index (χ3v) is 4.61. The lowest BCUT2D eigenvalue weighted by atomic mass is 9.99. The molecule has 24 heavy (non-hydrogen) atoms. The van der Waals surface area contributed by atoms with Crippen LogP contribution in [-0.4, -0.2) is 29.3 Å². The molecule has 2 aromatic rings. The first-order chi connectivity index (χ1) is 11.6. The Morgan fingerprint density at radius 1 is 1.29 bits per heavy atom. The molecule has 1 aliphatic carbocycles. The van der Waals surface area contributed by atoms with Gasteiger partial charge in [0, 0.05) is 23.7 Å². The molecule has 1 aromatic heterocycles. The summed E-state index contributed by atoms with van der Waals surface area (Å²) in [6.07, 6.45) is 2.83. The minimum absolute atomic E-state index is 0.0143. The molecule has 1 atom stereocenters. The number of ether oxygens (including phenoxy) is 1. The summed E-state index contributed by atoms with van der Waals surface area (Å²) in [6, 6.07) is 7.37. The summed E-state index contributed by atoms with van der Waals surface area (Å²) in [4.78, 5) is 24.8. The first-order valence-electron chi connectivity index (χ1n) is 8.39. The second kappa shape index (κ2) is 6.95. The smallest absolute Gasteiger partial charge is 0.274 e. The van der Waals surface area contributed by atoms with Gasteiger partial charge in [0.2, 0.25) is 5.91 Å². The van der Waals surface area contributed by atoms with Gasteiger partial charge in [-0.25, -0.2) is 4.68 Å². The van der Waals surface area contributed by atoms with Crippen molar-refractivity contribution in [1.29, 1.82) is 0 Å². The van der Waals surface area contributed by atoms with E-state index in [0.717, 1.165) is 35.5 Å². The Labute approximate surface area is 140 Å². The normalized spacial score (nSPS) is 17.0. The number of nitrogens with zero attached hydrogens (tertiary/aromatic N) is 1. The predicted molar refractivity (Wildman–Crippen MR) is 91.8 cm³/mol. The first-order valence-corrected chi connectivity index (χ1v) is 8.39. The van der Waals surface area contributed by atoms with E-state index in [1.165, 1.54) is 0 Å². The molecule has 3 rings (SSSR count). The van der Waals surface area contributed by atoms with Crippen molar-refractivity contribution >= 4 is 5.91 Å². The molecule has 6 heteroatoms. The number of benzene rings is 1. The molecule has 0 aliphatic heterocycles. The van der Waals surface area contributed by atoms with Gasteiger partial charge < -0.3 is 10.1 Å². The Balaban J connectivity index is 1.83. The van der Waals surface area contributed by atoms with Crippen molar-refractivity contribution in [1.82, 2.24) is 15.1 Å². The number of amides is 1. The van der Waals surface area contributed by atoms with Crippen molar-refractivity contribution in [2.75, 3.05) is 13.7 Å². The number of hydrogen-bond donors (Lipinski definition) is 2. The molecule has 2 N–H and O–H groups in total. The van der Waals surface area contributed by atoms with Gasteiger partial charge in [-0.1, -0.05) is 0 Å². The van der Waals surface area contributed by atoms with E-state index >= 15 is 0 Å². The van der Waals surface area contributed by atoms with Gasteiger partial charge in [0.1, 0.15) is 5.75 Å². The number of nitrogens with one attached hydrogen (secondary N) is 2. The van der Waals surface area contributed by atoms with Crippen LogP contribution in [0.2, 0.25) is 0 Å². The highest BCUT2D eigenvalue weighted by molar-refractivity contribution is 5.78. The van der Waals surface area contributed by atoms with Crippen molar-refractivity contribution < 1.29 is 9.53 Å². The SMILES string of the molecule is CCNC(=O)C1CCc2[nH]n(-c3ccc(OC)cc3)c(=O)c2CC1. The standard InChI is InChI=1S/C18H23N3O3/c1-3-19-17(22)12-4-10-15-16(11-5-12)20-21(18(15)23)13-6-8-14(24-2)9-7-13/h6-9,12,20H,3-5,10-11H2,1-2H3,(H,19,22). The summed E-state index contributed by atoms with van der Waals surface area (Å²) in [6.45, 7) is 2.57. The summed E-state index contributed by atoms with van der Waals surface area (Å²) in [7, 11) is 1.61. The first kappa shape index (κ1) is 16.4. The van der Waals surface area contributed by atoms with Gasteiger partial charge in [0.25, 0.3) is 5.56 Å². The van der Waals surface area contributed by atoms with E-state index in [2.05, 4.69) is 10.4 Å². The van der Waals surface area contributed by atoms with Crippen LogP contribution in [0, 0.1) is 5.92 Å². The highest BCUT2D eigenvalue weighted by atomic mass is 16.5. The number of aromatic nitrogens is 2. The molecular formula is C18H23N3O3. The maximum atomic E-state index is 12.7. The third-order valence-electron chi connectivity index (χ3n) is 4.61. The molecule has 0 spiro atoms. The molecule has 1 heterocycles. The zero-order valence-corrected chi connectivity index (χ0v) is 14.1. The molecule has 0 radical (unpaired) electrons. The maximum Gasteiger partial charge on any atom is 0.274 e. The molecule has 0 bridgehead atoms. The lowest BCUT2D eigenvalue weighted by Crippen LogP contribution is -2.30. The van der Waals surface area contributed by atoms with Crippen LogP contribution in [0.15, 0.2) is 29.1 Å². The van der Waals surface area contributed by atoms with Gasteiger partial charge in [-0.05, 0) is 56.9 Å². The number of rotatable bonds is 4. The zero-order valence-electron chi connectivity index (χ0n) is 14.1.